The van der Waals surface area contributed by atoms with Gasteiger partial charge in [0.25, 0.3) is 5.56 Å². The Hall–Kier alpha value is 0.0416. The molecule has 0 bridgehead atoms. The van der Waals surface area contributed by atoms with Crippen LogP contribution in [-0.2, 0) is 4.74 Å². The molecular weight excluding hydrogens is 451 g/mol. The second-order valence-corrected chi connectivity index (χ2v) is 4.34. The van der Waals surface area contributed by atoms with E-state index < -0.39 is 23.6 Å². The number of hydrogen-bond acceptors (Lipinski definition) is 4. The molecule has 1 aliphatic heterocycles. The number of nitrogens with zero attached hydrogens (tertiary/aromatic N) is 1. The van der Waals surface area contributed by atoms with Crippen molar-refractivity contribution in [3.8, 4) is 0 Å². The van der Waals surface area contributed by atoms with Crippen LogP contribution in [0.5, 0.6) is 0 Å². The second-order valence-electron chi connectivity index (χ2n) is 4.34. The van der Waals surface area contributed by atoms with Crippen LogP contribution in [0.15, 0.2) is 21.9 Å². The zero-order valence-corrected chi connectivity index (χ0v) is 15.1. The second kappa shape index (κ2) is 6.47. The van der Waals surface area contributed by atoms with E-state index in [9.17, 15) is 14.7 Å². The Morgan fingerprint density at radius 3 is 2.67 bits per heavy atom. The number of aliphatic hydroxyl groups excluding tert-OH is 1. The summed E-state index contributed by atoms with van der Waals surface area (Å²) in [6.45, 7) is 3.85. The molecule has 0 aromatic carbocycles. The maximum Gasteiger partial charge on any atom is 0.330 e. The Labute approximate surface area is 140 Å². The molecule has 2 rings (SSSR count). The number of nitrogens with one attached hydrogen (secondary N) is 1. The molecule has 97 valence electrons. The average molecular weight is 467 g/mol. The molecule has 4 atom stereocenters. The van der Waals surface area contributed by atoms with Crippen molar-refractivity contribution in [3.63, 3.8) is 0 Å². The molecule has 0 saturated carbocycles. The third kappa shape index (κ3) is 2.96. The molecule has 2 heterocycles. The van der Waals surface area contributed by atoms with Gasteiger partial charge in [0.15, 0.2) is 6.23 Å². The molecular formula is C11H16AcN2O4. The van der Waals surface area contributed by atoms with Crippen molar-refractivity contribution in [3.05, 3.63) is 33.1 Å². The molecule has 1 aromatic heterocycles. The van der Waals surface area contributed by atoms with Gasteiger partial charge < -0.3 is 9.84 Å². The normalized spacial score (nSPS) is 31.1. The van der Waals surface area contributed by atoms with E-state index in [1.54, 1.807) is 0 Å². The van der Waals surface area contributed by atoms with Gasteiger partial charge in [-0.15, -0.1) is 0 Å². The van der Waals surface area contributed by atoms with Gasteiger partial charge in [0, 0.05) is 62.2 Å². The first-order chi connectivity index (χ1) is 8.04. The first-order valence-corrected chi connectivity index (χ1v) is 5.69. The summed E-state index contributed by atoms with van der Waals surface area (Å²) >= 11 is 0. The van der Waals surface area contributed by atoms with Gasteiger partial charge in [-0.1, -0.05) is 13.8 Å². The van der Waals surface area contributed by atoms with E-state index in [1.165, 1.54) is 16.8 Å². The van der Waals surface area contributed by atoms with E-state index in [0.29, 0.717) is 0 Å². The number of H-pyrrole nitrogens is 1. The Balaban J connectivity index is 0.00000162. The predicted molar refractivity (Wildman–Crippen MR) is 60.7 cm³/mol. The Bertz CT molecular complexity index is 512. The summed E-state index contributed by atoms with van der Waals surface area (Å²) in [5.74, 6) is -0.0381. The van der Waals surface area contributed by atoms with Crippen molar-refractivity contribution in [2.75, 3.05) is 0 Å². The van der Waals surface area contributed by atoms with Crippen molar-refractivity contribution in [2.24, 2.45) is 5.92 Å². The monoisotopic (exact) mass is 467 g/mol. The van der Waals surface area contributed by atoms with Gasteiger partial charge in [0.2, 0.25) is 0 Å². The zero-order valence-electron chi connectivity index (χ0n) is 10.4. The fourth-order valence-corrected chi connectivity index (χ4v) is 2.19. The topological polar surface area (TPSA) is 84.3 Å². The van der Waals surface area contributed by atoms with E-state index >= 15 is 0 Å². The van der Waals surface area contributed by atoms with E-state index in [2.05, 4.69) is 4.98 Å². The Kier molecular flexibility index (Phi) is 5.78. The molecule has 1 saturated heterocycles. The summed E-state index contributed by atoms with van der Waals surface area (Å²) in [7, 11) is 0. The van der Waals surface area contributed by atoms with E-state index in [4.69, 9.17) is 4.74 Å². The summed E-state index contributed by atoms with van der Waals surface area (Å²) in [5.41, 5.74) is -1.02. The third-order valence-corrected chi connectivity index (χ3v) is 3.26. The van der Waals surface area contributed by atoms with Gasteiger partial charge in [-0.25, -0.2) is 4.79 Å². The number of ether oxygens (including phenoxy) is 1. The summed E-state index contributed by atoms with van der Waals surface area (Å²) in [6, 6.07) is 1.24. The molecule has 2 N–H and O–H groups in total. The van der Waals surface area contributed by atoms with Crippen LogP contribution in [0.3, 0.4) is 0 Å². The maximum atomic E-state index is 11.6. The minimum absolute atomic E-state index is 0. The van der Waals surface area contributed by atoms with Gasteiger partial charge in [-0.2, -0.15) is 0 Å². The number of hydrogen-bond donors (Lipinski definition) is 2. The molecule has 0 aliphatic carbocycles. The smallest absolute Gasteiger partial charge is 0.330 e. The van der Waals surface area contributed by atoms with E-state index in [-0.39, 0.29) is 56.1 Å². The molecule has 7 heteroatoms. The van der Waals surface area contributed by atoms with Gasteiger partial charge in [0.05, 0.1) is 6.10 Å². The van der Waals surface area contributed by atoms with Gasteiger partial charge >= 0.3 is 5.69 Å². The molecule has 1 fully saturated rings. The minimum atomic E-state index is -0.747. The molecule has 1 aromatic rings. The molecule has 0 amide bonds. The van der Waals surface area contributed by atoms with E-state index in [1.807, 2.05) is 13.8 Å². The number of aliphatic hydroxyl groups is 1. The number of rotatable bonds is 2. The SMILES string of the molecule is CCC1OC(n2ccc(=O)[nH]c2=O)C(O)C1C.[Ac]. The standard InChI is InChI=1S/C11H16N2O4.Ac/c1-3-7-6(2)9(15)10(17-7)13-5-4-8(14)12-11(13)16;/h4-7,9-10,15H,3H2,1-2H3,(H,12,14,16);. The van der Waals surface area contributed by atoms with Crippen LogP contribution < -0.4 is 11.2 Å². The van der Waals surface area contributed by atoms with Gasteiger partial charge in [0.1, 0.15) is 6.10 Å². The minimum Gasteiger partial charge on any atom is -0.388 e. The summed E-state index contributed by atoms with van der Waals surface area (Å²) in [5, 5.41) is 10.0. The van der Waals surface area contributed by atoms with Crippen LogP contribution in [-0.4, -0.2) is 26.9 Å². The van der Waals surface area contributed by atoms with Gasteiger partial charge in [-0.3, -0.25) is 14.3 Å². The van der Waals surface area contributed by atoms with Crippen molar-refractivity contribution in [1.29, 1.82) is 0 Å². The van der Waals surface area contributed by atoms with Crippen molar-refractivity contribution >= 4 is 0 Å². The van der Waals surface area contributed by atoms with Crippen LogP contribution in [0, 0.1) is 50.0 Å². The van der Waals surface area contributed by atoms with Gasteiger partial charge in [-0.05, 0) is 6.42 Å². The van der Waals surface area contributed by atoms with Crippen LogP contribution in [0.4, 0.5) is 0 Å². The predicted octanol–water partition coefficient (Wildman–Crippen LogP) is -0.159. The molecule has 1 radical (unpaired) electrons. The van der Waals surface area contributed by atoms with Crippen LogP contribution >= 0.6 is 0 Å². The molecule has 6 nitrogen and oxygen atoms in total. The summed E-state index contributed by atoms with van der Waals surface area (Å²) < 4.78 is 6.85. The number of aromatic amines is 1. The first-order valence-electron chi connectivity index (χ1n) is 5.69. The van der Waals surface area contributed by atoms with E-state index in [0.717, 1.165) is 6.42 Å². The fraction of sp³-hybridized carbons (Fsp3) is 0.636. The number of aromatic nitrogens is 2. The van der Waals surface area contributed by atoms with Crippen LogP contribution in [0.25, 0.3) is 0 Å². The van der Waals surface area contributed by atoms with Crippen molar-refractivity contribution in [1.82, 2.24) is 9.55 Å². The molecule has 18 heavy (non-hydrogen) atoms. The quantitative estimate of drug-likeness (QED) is 0.634. The fourth-order valence-electron chi connectivity index (χ4n) is 2.19. The first kappa shape index (κ1) is 16.1. The Morgan fingerprint density at radius 2 is 2.17 bits per heavy atom. The molecule has 0 spiro atoms. The zero-order chi connectivity index (χ0) is 12.6. The summed E-state index contributed by atoms with van der Waals surface area (Å²) in [4.78, 5) is 24.7. The van der Waals surface area contributed by atoms with Crippen LogP contribution in [0.1, 0.15) is 26.5 Å². The maximum absolute atomic E-state index is 11.6. The third-order valence-electron chi connectivity index (χ3n) is 3.26. The molecule has 1 aliphatic rings. The Morgan fingerprint density at radius 1 is 1.50 bits per heavy atom. The van der Waals surface area contributed by atoms with Crippen LogP contribution in [0.2, 0.25) is 0 Å². The summed E-state index contributed by atoms with van der Waals surface area (Å²) in [6.07, 6.45) is 0.573. The van der Waals surface area contributed by atoms with Crippen molar-refractivity contribution in [2.45, 2.75) is 38.7 Å². The van der Waals surface area contributed by atoms with Crippen molar-refractivity contribution < 1.29 is 53.9 Å². The average Bonchev–Trinajstić information content (AvgIpc) is 2.57. The largest absolute Gasteiger partial charge is 0.388 e. The molecule has 4 unspecified atom stereocenters.